The quantitative estimate of drug-likeness (QED) is 0.651. The van der Waals surface area contributed by atoms with Gasteiger partial charge < -0.3 is 5.32 Å². The molecule has 0 spiro atoms. The molecule has 0 aromatic rings. The van der Waals surface area contributed by atoms with E-state index in [2.05, 4.69) is 5.32 Å². The van der Waals surface area contributed by atoms with Crippen LogP contribution in [0, 0.1) is 0 Å². The van der Waals surface area contributed by atoms with E-state index in [1.807, 2.05) is 0 Å². The van der Waals surface area contributed by atoms with Gasteiger partial charge in [-0.05, 0) is 6.26 Å². The van der Waals surface area contributed by atoms with Crippen molar-refractivity contribution in [3.05, 3.63) is 0 Å². The van der Waals surface area contributed by atoms with Crippen LogP contribution >= 0.6 is 11.8 Å². The lowest BCUT2D eigenvalue weighted by molar-refractivity contribution is -0.119. The van der Waals surface area contributed by atoms with Crippen molar-refractivity contribution in [1.29, 1.82) is 0 Å². The molecule has 0 saturated heterocycles. The van der Waals surface area contributed by atoms with Gasteiger partial charge in [0.15, 0.2) is 5.12 Å². The van der Waals surface area contributed by atoms with Crippen molar-refractivity contribution in [3.63, 3.8) is 0 Å². The molecule has 0 fully saturated rings. The van der Waals surface area contributed by atoms with Gasteiger partial charge in [0.2, 0.25) is 5.91 Å². The van der Waals surface area contributed by atoms with E-state index < -0.39 is 0 Å². The molecule has 0 radical (unpaired) electrons. The fourth-order valence-electron chi connectivity index (χ4n) is 0.443. The lowest BCUT2D eigenvalue weighted by Gasteiger charge is -1.97. The number of carbonyl (C=O) groups excluding carboxylic acids is 2. The number of nitrogens with one attached hydrogen (secondary N) is 1. The van der Waals surface area contributed by atoms with Crippen LogP contribution in [0.5, 0.6) is 0 Å². The molecule has 0 heterocycles. The molecule has 58 valence electrons. The third-order valence-corrected chi connectivity index (χ3v) is 1.59. The largest absolute Gasteiger partial charge is 0.356 e. The van der Waals surface area contributed by atoms with Crippen molar-refractivity contribution in [2.45, 2.75) is 13.3 Å². The van der Waals surface area contributed by atoms with Crippen molar-refractivity contribution in [3.8, 4) is 0 Å². The highest BCUT2D eigenvalue weighted by Gasteiger charge is 1.97. The predicted molar refractivity (Wildman–Crippen MR) is 41.8 cm³/mol. The molecule has 0 aromatic carbocycles. The normalized spacial score (nSPS) is 9.00. The Balaban J connectivity index is 3.20. The lowest BCUT2D eigenvalue weighted by atomic mass is 10.4. The zero-order valence-electron chi connectivity index (χ0n) is 6.14. The van der Waals surface area contributed by atoms with E-state index in [-0.39, 0.29) is 11.0 Å². The number of rotatable bonds is 3. The van der Waals surface area contributed by atoms with Crippen LogP contribution in [0.1, 0.15) is 13.3 Å². The van der Waals surface area contributed by atoms with E-state index in [0.29, 0.717) is 13.0 Å². The molecule has 0 atom stereocenters. The summed E-state index contributed by atoms with van der Waals surface area (Å²) in [5.41, 5.74) is 0. The highest BCUT2D eigenvalue weighted by Crippen LogP contribution is 1.96. The first-order valence-electron chi connectivity index (χ1n) is 2.98. The van der Waals surface area contributed by atoms with Gasteiger partial charge in [0.05, 0.1) is 0 Å². The maximum absolute atomic E-state index is 10.6. The van der Waals surface area contributed by atoms with E-state index in [9.17, 15) is 9.59 Å². The van der Waals surface area contributed by atoms with Gasteiger partial charge in [-0.25, -0.2) is 0 Å². The maximum atomic E-state index is 10.6. The van der Waals surface area contributed by atoms with E-state index in [1.54, 1.807) is 6.26 Å². The first-order chi connectivity index (χ1) is 4.66. The Morgan fingerprint density at radius 1 is 1.50 bits per heavy atom. The molecule has 0 aliphatic heterocycles. The number of hydrogen-bond donors (Lipinski definition) is 1. The number of thioether (sulfide) groups is 1. The highest BCUT2D eigenvalue weighted by atomic mass is 32.2. The monoisotopic (exact) mass is 161 g/mol. The minimum absolute atomic E-state index is 0.0890. The average molecular weight is 161 g/mol. The van der Waals surface area contributed by atoms with Crippen molar-refractivity contribution < 1.29 is 9.59 Å². The molecule has 3 nitrogen and oxygen atoms in total. The molecule has 0 aliphatic carbocycles. The Bertz CT molecular complexity index is 136. The van der Waals surface area contributed by atoms with Gasteiger partial charge in [-0.3, -0.25) is 9.59 Å². The van der Waals surface area contributed by atoms with E-state index in [1.165, 1.54) is 18.7 Å². The first-order valence-corrected chi connectivity index (χ1v) is 4.20. The van der Waals surface area contributed by atoms with Crippen LogP contribution in [-0.2, 0) is 9.59 Å². The molecule has 1 amide bonds. The summed E-state index contributed by atoms with van der Waals surface area (Å²) < 4.78 is 0. The summed E-state index contributed by atoms with van der Waals surface area (Å²) in [6.07, 6.45) is 2.15. The summed E-state index contributed by atoms with van der Waals surface area (Å²) >= 11 is 1.19. The van der Waals surface area contributed by atoms with Gasteiger partial charge in [-0.1, -0.05) is 11.8 Å². The summed E-state index contributed by atoms with van der Waals surface area (Å²) in [6.45, 7) is 1.89. The van der Waals surface area contributed by atoms with Gasteiger partial charge in [-0.15, -0.1) is 0 Å². The molecular formula is C6H11NO2S. The Morgan fingerprint density at radius 2 is 2.10 bits per heavy atom. The Morgan fingerprint density at radius 3 is 2.50 bits per heavy atom. The lowest BCUT2D eigenvalue weighted by Crippen LogP contribution is -2.22. The van der Waals surface area contributed by atoms with Crippen LogP contribution < -0.4 is 5.32 Å². The van der Waals surface area contributed by atoms with Gasteiger partial charge >= 0.3 is 0 Å². The fraction of sp³-hybridized carbons (Fsp3) is 0.667. The second-order valence-corrected chi connectivity index (χ2v) is 2.67. The number of amides is 1. The smallest absolute Gasteiger partial charge is 0.216 e. The van der Waals surface area contributed by atoms with Crippen molar-refractivity contribution in [2.75, 3.05) is 12.8 Å². The van der Waals surface area contributed by atoms with Gasteiger partial charge in [0, 0.05) is 19.9 Å². The molecule has 0 aromatic heterocycles. The summed E-state index contributed by atoms with van der Waals surface area (Å²) in [7, 11) is 0. The summed E-state index contributed by atoms with van der Waals surface area (Å²) in [4.78, 5) is 20.9. The standard InChI is InChI=1S/C6H11NO2S/c1-5(8)7-4-3-6(9)10-2/h3-4H2,1-2H3,(H,7,8). The second kappa shape index (κ2) is 5.29. The third kappa shape index (κ3) is 5.62. The van der Waals surface area contributed by atoms with Crippen LogP contribution in [0.3, 0.4) is 0 Å². The molecule has 0 saturated carbocycles. The minimum atomic E-state index is -0.0890. The first kappa shape index (κ1) is 9.49. The Labute approximate surface area is 64.6 Å². The average Bonchev–Trinajstić information content (AvgIpc) is 1.87. The van der Waals surface area contributed by atoms with Crippen LogP contribution in [0.2, 0.25) is 0 Å². The molecule has 1 N–H and O–H groups in total. The third-order valence-electron chi connectivity index (χ3n) is 0.931. The molecular weight excluding hydrogens is 150 g/mol. The molecule has 0 bridgehead atoms. The van der Waals surface area contributed by atoms with Crippen LogP contribution in [-0.4, -0.2) is 23.8 Å². The molecule has 4 heteroatoms. The molecule has 10 heavy (non-hydrogen) atoms. The minimum Gasteiger partial charge on any atom is -0.356 e. The van der Waals surface area contributed by atoms with Gasteiger partial charge in [-0.2, -0.15) is 0 Å². The summed E-state index contributed by atoms with van der Waals surface area (Å²) in [5, 5.41) is 2.64. The van der Waals surface area contributed by atoms with Crippen LogP contribution in [0.4, 0.5) is 0 Å². The van der Waals surface area contributed by atoms with Gasteiger partial charge in [0.25, 0.3) is 0 Å². The fourth-order valence-corrected chi connectivity index (χ4v) is 0.749. The maximum Gasteiger partial charge on any atom is 0.216 e. The molecule has 0 unspecified atom stereocenters. The van der Waals surface area contributed by atoms with E-state index >= 15 is 0 Å². The van der Waals surface area contributed by atoms with Crippen molar-refractivity contribution in [2.24, 2.45) is 0 Å². The summed E-state index contributed by atoms with van der Waals surface area (Å²) in [5.74, 6) is -0.0890. The Kier molecular flexibility index (Phi) is 5.02. The molecule has 0 rings (SSSR count). The molecule has 0 aliphatic rings. The van der Waals surface area contributed by atoms with Crippen molar-refractivity contribution >= 4 is 22.8 Å². The summed E-state index contributed by atoms with van der Waals surface area (Å²) in [6, 6.07) is 0. The van der Waals surface area contributed by atoms with E-state index in [0.717, 1.165) is 0 Å². The SMILES string of the molecule is CSC(=O)CCNC(C)=O. The Hall–Kier alpha value is -0.510. The zero-order valence-corrected chi connectivity index (χ0v) is 6.96. The highest BCUT2D eigenvalue weighted by molar-refractivity contribution is 8.13. The number of hydrogen-bond acceptors (Lipinski definition) is 3. The van der Waals surface area contributed by atoms with E-state index in [4.69, 9.17) is 0 Å². The predicted octanol–water partition coefficient (Wildman–Crippen LogP) is 0.402. The zero-order chi connectivity index (χ0) is 7.98. The second-order valence-electron chi connectivity index (χ2n) is 1.81. The van der Waals surface area contributed by atoms with Gasteiger partial charge in [0.1, 0.15) is 0 Å². The van der Waals surface area contributed by atoms with Crippen molar-refractivity contribution in [1.82, 2.24) is 5.32 Å². The number of carbonyl (C=O) groups is 2. The van der Waals surface area contributed by atoms with Crippen LogP contribution in [0.25, 0.3) is 0 Å². The van der Waals surface area contributed by atoms with Crippen LogP contribution in [0.15, 0.2) is 0 Å². The topological polar surface area (TPSA) is 46.2 Å².